The quantitative estimate of drug-likeness (QED) is 0.706. The molecule has 3 atom stereocenters. The van der Waals surface area contributed by atoms with Gasteiger partial charge in [0.05, 0.1) is 0 Å². The maximum atomic E-state index is 3.50. The molecule has 0 aromatic carbocycles. The van der Waals surface area contributed by atoms with Gasteiger partial charge in [-0.15, -0.1) is 0 Å². The van der Waals surface area contributed by atoms with Crippen molar-refractivity contribution >= 4 is 0 Å². The largest absolute Gasteiger partial charge is 0.317 e. The molecular formula is C12H25N. The van der Waals surface area contributed by atoms with Crippen LogP contribution in [0.15, 0.2) is 0 Å². The molecule has 0 aliphatic heterocycles. The van der Waals surface area contributed by atoms with Crippen LogP contribution in [0.4, 0.5) is 0 Å². The molecule has 3 unspecified atom stereocenters. The Morgan fingerprint density at radius 3 is 2.54 bits per heavy atom. The minimum absolute atomic E-state index is 0.778. The van der Waals surface area contributed by atoms with Crippen molar-refractivity contribution in [1.29, 1.82) is 0 Å². The maximum Gasteiger partial charge on any atom is 0.00947 e. The van der Waals surface area contributed by atoms with Crippen molar-refractivity contribution in [3.63, 3.8) is 0 Å². The van der Waals surface area contributed by atoms with E-state index < -0.39 is 0 Å². The molecule has 0 aromatic heterocycles. The number of rotatable bonds is 4. The Labute approximate surface area is 83.3 Å². The molecule has 78 valence electrons. The summed E-state index contributed by atoms with van der Waals surface area (Å²) < 4.78 is 0. The van der Waals surface area contributed by atoms with Crippen molar-refractivity contribution in [3.8, 4) is 0 Å². The van der Waals surface area contributed by atoms with E-state index in [0.29, 0.717) is 0 Å². The third kappa shape index (κ3) is 2.98. The van der Waals surface area contributed by atoms with Gasteiger partial charge in [0.2, 0.25) is 0 Å². The van der Waals surface area contributed by atoms with Crippen LogP contribution < -0.4 is 5.32 Å². The van der Waals surface area contributed by atoms with Gasteiger partial charge in [0.15, 0.2) is 0 Å². The van der Waals surface area contributed by atoms with Crippen LogP contribution in [0.25, 0.3) is 0 Å². The maximum absolute atomic E-state index is 3.50. The van der Waals surface area contributed by atoms with E-state index in [2.05, 4.69) is 26.2 Å². The van der Waals surface area contributed by atoms with Crippen LogP contribution >= 0.6 is 0 Å². The van der Waals surface area contributed by atoms with Gasteiger partial charge in [0.1, 0.15) is 0 Å². The molecule has 0 spiro atoms. The smallest absolute Gasteiger partial charge is 0.00947 e. The lowest BCUT2D eigenvalue weighted by Crippen LogP contribution is -2.38. The first-order valence-electron chi connectivity index (χ1n) is 5.96. The molecule has 0 saturated heterocycles. The lowest BCUT2D eigenvalue weighted by atomic mass is 9.75. The average molecular weight is 183 g/mol. The Bertz CT molecular complexity index is 133. The van der Waals surface area contributed by atoms with Gasteiger partial charge in [-0.05, 0) is 31.7 Å². The Balaban J connectivity index is 2.44. The van der Waals surface area contributed by atoms with Crippen LogP contribution in [0.3, 0.4) is 0 Å². The van der Waals surface area contributed by atoms with Gasteiger partial charge >= 0.3 is 0 Å². The molecule has 13 heavy (non-hydrogen) atoms. The normalized spacial score (nSPS) is 31.6. The second kappa shape index (κ2) is 5.64. The van der Waals surface area contributed by atoms with Crippen molar-refractivity contribution in [3.05, 3.63) is 0 Å². The van der Waals surface area contributed by atoms with E-state index in [9.17, 15) is 0 Å². The summed E-state index contributed by atoms with van der Waals surface area (Å²) in [6.45, 7) is 4.72. The van der Waals surface area contributed by atoms with Crippen molar-refractivity contribution in [2.75, 3.05) is 7.05 Å². The summed E-state index contributed by atoms with van der Waals surface area (Å²) in [5.74, 6) is 1.89. The molecule has 1 fully saturated rings. The summed E-state index contributed by atoms with van der Waals surface area (Å²) >= 11 is 0. The van der Waals surface area contributed by atoms with Gasteiger partial charge in [-0.2, -0.15) is 0 Å². The average Bonchev–Trinajstić information content (AvgIpc) is 2.16. The van der Waals surface area contributed by atoms with E-state index in [1.54, 1.807) is 0 Å². The van der Waals surface area contributed by atoms with E-state index >= 15 is 0 Å². The third-order valence-electron chi connectivity index (χ3n) is 3.67. The molecule has 0 aromatic rings. The molecular weight excluding hydrogens is 158 g/mol. The summed E-state index contributed by atoms with van der Waals surface area (Å²) in [6, 6.07) is 0.778. The van der Waals surface area contributed by atoms with Gasteiger partial charge in [0.25, 0.3) is 0 Å². The summed E-state index contributed by atoms with van der Waals surface area (Å²) in [7, 11) is 2.13. The first-order chi connectivity index (χ1) is 6.29. The monoisotopic (exact) mass is 183 g/mol. The van der Waals surface area contributed by atoms with Gasteiger partial charge in [-0.3, -0.25) is 0 Å². The van der Waals surface area contributed by atoms with Crippen molar-refractivity contribution in [2.24, 2.45) is 11.8 Å². The van der Waals surface area contributed by atoms with Crippen LogP contribution in [0.1, 0.15) is 52.4 Å². The SMILES string of the molecule is CCCC(NC)C1CCCCC1C. The van der Waals surface area contributed by atoms with E-state index in [-0.39, 0.29) is 0 Å². The number of hydrogen-bond acceptors (Lipinski definition) is 1. The summed E-state index contributed by atoms with van der Waals surface area (Å²) in [4.78, 5) is 0. The van der Waals surface area contributed by atoms with Crippen LogP contribution in [-0.2, 0) is 0 Å². The van der Waals surface area contributed by atoms with Gasteiger partial charge < -0.3 is 5.32 Å². The van der Waals surface area contributed by atoms with Gasteiger partial charge in [-0.25, -0.2) is 0 Å². The molecule has 0 heterocycles. The molecule has 0 radical (unpaired) electrons. The van der Waals surface area contributed by atoms with E-state index in [0.717, 1.165) is 17.9 Å². The second-order valence-corrected chi connectivity index (χ2v) is 4.61. The number of hydrogen-bond donors (Lipinski definition) is 1. The Kier molecular flexibility index (Phi) is 4.79. The standard InChI is InChI=1S/C12H25N/c1-4-7-12(13-3)11-9-6-5-8-10(11)2/h10-13H,4-9H2,1-3H3. The fraction of sp³-hybridized carbons (Fsp3) is 1.00. The van der Waals surface area contributed by atoms with Crippen molar-refractivity contribution < 1.29 is 0 Å². The van der Waals surface area contributed by atoms with Crippen LogP contribution in [-0.4, -0.2) is 13.1 Å². The Morgan fingerprint density at radius 1 is 1.31 bits per heavy atom. The molecule has 1 aliphatic rings. The highest BCUT2D eigenvalue weighted by atomic mass is 14.9. The topological polar surface area (TPSA) is 12.0 Å². The third-order valence-corrected chi connectivity index (χ3v) is 3.67. The van der Waals surface area contributed by atoms with Gasteiger partial charge in [0, 0.05) is 6.04 Å². The first-order valence-corrected chi connectivity index (χ1v) is 5.96. The van der Waals surface area contributed by atoms with Gasteiger partial charge in [-0.1, -0.05) is 39.5 Å². The van der Waals surface area contributed by atoms with Crippen LogP contribution in [0.5, 0.6) is 0 Å². The van der Waals surface area contributed by atoms with Crippen molar-refractivity contribution in [2.45, 2.75) is 58.4 Å². The molecule has 1 rings (SSSR count). The molecule has 1 nitrogen and oxygen atoms in total. The minimum atomic E-state index is 0.778. The van der Waals surface area contributed by atoms with E-state index in [1.807, 2.05) is 0 Å². The second-order valence-electron chi connectivity index (χ2n) is 4.61. The summed E-state index contributed by atoms with van der Waals surface area (Å²) in [5, 5.41) is 3.50. The molecule has 1 saturated carbocycles. The van der Waals surface area contributed by atoms with E-state index in [1.165, 1.54) is 38.5 Å². The van der Waals surface area contributed by atoms with Crippen LogP contribution in [0, 0.1) is 11.8 Å². The zero-order valence-corrected chi connectivity index (χ0v) is 9.47. The Hall–Kier alpha value is -0.0400. The molecule has 1 heteroatoms. The molecule has 0 bridgehead atoms. The molecule has 1 N–H and O–H groups in total. The highest BCUT2D eigenvalue weighted by Gasteiger charge is 2.27. The predicted octanol–water partition coefficient (Wildman–Crippen LogP) is 3.20. The molecule has 0 amide bonds. The summed E-state index contributed by atoms with van der Waals surface area (Å²) in [6.07, 6.45) is 8.48. The van der Waals surface area contributed by atoms with Crippen LogP contribution in [0.2, 0.25) is 0 Å². The lowest BCUT2D eigenvalue weighted by molar-refractivity contribution is 0.192. The lowest BCUT2D eigenvalue weighted by Gasteiger charge is -2.35. The number of nitrogens with one attached hydrogen (secondary N) is 1. The fourth-order valence-corrected chi connectivity index (χ4v) is 2.83. The Morgan fingerprint density at radius 2 is 2.00 bits per heavy atom. The fourth-order valence-electron chi connectivity index (χ4n) is 2.83. The highest BCUT2D eigenvalue weighted by Crippen LogP contribution is 2.33. The predicted molar refractivity (Wildman–Crippen MR) is 58.9 cm³/mol. The van der Waals surface area contributed by atoms with E-state index in [4.69, 9.17) is 0 Å². The zero-order chi connectivity index (χ0) is 9.68. The summed E-state index contributed by atoms with van der Waals surface area (Å²) in [5.41, 5.74) is 0. The van der Waals surface area contributed by atoms with Crippen molar-refractivity contribution in [1.82, 2.24) is 5.32 Å². The minimum Gasteiger partial charge on any atom is -0.317 e. The highest BCUT2D eigenvalue weighted by molar-refractivity contribution is 4.82. The molecule has 1 aliphatic carbocycles. The first kappa shape index (κ1) is 11.0. The zero-order valence-electron chi connectivity index (χ0n) is 9.47.